The highest BCUT2D eigenvalue weighted by Gasteiger charge is 2.15. The van der Waals surface area contributed by atoms with E-state index in [0.29, 0.717) is 18.3 Å². The summed E-state index contributed by atoms with van der Waals surface area (Å²) < 4.78 is 7.75. The van der Waals surface area contributed by atoms with Gasteiger partial charge in [-0.1, -0.05) is 47.7 Å². The van der Waals surface area contributed by atoms with E-state index in [9.17, 15) is 4.79 Å². The van der Waals surface area contributed by atoms with Gasteiger partial charge in [0.1, 0.15) is 12.4 Å². The van der Waals surface area contributed by atoms with E-state index in [2.05, 4.69) is 34.6 Å². The number of aryl methyl sites for hydroxylation is 3. The molecule has 0 atom stereocenters. The van der Waals surface area contributed by atoms with Crippen LogP contribution in [0.4, 0.5) is 5.69 Å². The van der Waals surface area contributed by atoms with Crippen LogP contribution in [-0.2, 0) is 17.9 Å². The molecule has 0 unspecified atom stereocenters. The Kier molecular flexibility index (Phi) is 6.93. The zero-order valence-corrected chi connectivity index (χ0v) is 18.0. The first-order chi connectivity index (χ1) is 14.0. The third-order valence-electron chi connectivity index (χ3n) is 4.49. The van der Waals surface area contributed by atoms with E-state index >= 15 is 0 Å². The van der Waals surface area contributed by atoms with Crippen molar-refractivity contribution in [2.75, 3.05) is 11.1 Å². The number of para-hydroxylation sites is 1. The Hall–Kier alpha value is -2.80. The van der Waals surface area contributed by atoms with Gasteiger partial charge in [0.05, 0.1) is 5.75 Å². The van der Waals surface area contributed by atoms with E-state index < -0.39 is 0 Å². The minimum atomic E-state index is -0.0576. The van der Waals surface area contributed by atoms with Gasteiger partial charge in [-0.25, -0.2) is 0 Å². The summed E-state index contributed by atoms with van der Waals surface area (Å²) in [6, 6.07) is 13.8. The molecule has 2 aromatic carbocycles. The molecule has 0 saturated heterocycles. The lowest BCUT2D eigenvalue weighted by Crippen LogP contribution is -2.16. The highest BCUT2D eigenvalue weighted by atomic mass is 32.2. The highest BCUT2D eigenvalue weighted by Crippen LogP contribution is 2.23. The van der Waals surface area contributed by atoms with Crippen LogP contribution >= 0.6 is 11.8 Å². The Morgan fingerprint density at radius 1 is 1.10 bits per heavy atom. The summed E-state index contributed by atoms with van der Waals surface area (Å²) in [5.41, 5.74) is 4.21. The molecule has 0 fully saturated rings. The van der Waals surface area contributed by atoms with E-state index in [1.807, 2.05) is 55.7 Å². The van der Waals surface area contributed by atoms with Crippen LogP contribution < -0.4 is 10.1 Å². The van der Waals surface area contributed by atoms with Crippen molar-refractivity contribution in [1.29, 1.82) is 0 Å². The quantitative estimate of drug-likeness (QED) is 0.553. The first kappa shape index (κ1) is 20.9. The molecule has 0 radical (unpaired) electrons. The number of nitrogens with one attached hydrogen (secondary N) is 1. The number of nitrogens with zero attached hydrogens (tertiary/aromatic N) is 3. The second-order valence-electron chi connectivity index (χ2n) is 6.86. The highest BCUT2D eigenvalue weighted by molar-refractivity contribution is 7.99. The van der Waals surface area contributed by atoms with Gasteiger partial charge in [0.15, 0.2) is 11.0 Å². The monoisotopic (exact) mass is 410 g/mol. The molecule has 152 valence electrons. The number of thioether (sulfide) groups is 1. The summed E-state index contributed by atoms with van der Waals surface area (Å²) in [5.74, 6) is 1.74. The predicted molar refractivity (Wildman–Crippen MR) is 116 cm³/mol. The Balaban J connectivity index is 1.60. The summed E-state index contributed by atoms with van der Waals surface area (Å²) in [6.07, 6.45) is 0. The van der Waals surface area contributed by atoms with Crippen LogP contribution in [0, 0.1) is 20.8 Å². The first-order valence-electron chi connectivity index (χ1n) is 9.58. The number of ether oxygens (including phenoxy) is 1. The van der Waals surface area contributed by atoms with Crippen LogP contribution in [-0.4, -0.2) is 26.4 Å². The van der Waals surface area contributed by atoms with Crippen LogP contribution in [0.3, 0.4) is 0 Å². The molecule has 0 bridgehead atoms. The average molecular weight is 411 g/mol. The van der Waals surface area contributed by atoms with Gasteiger partial charge in [0, 0.05) is 12.2 Å². The number of amides is 1. The Bertz CT molecular complexity index is 963. The minimum Gasteiger partial charge on any atom is -0.486 e. The maximum atomic E-state index is 12.5. The lowest BCUT2D eigenvalue weighted by molar-refractivity contribution is -0.113. The summed E-state index contributed by atoms with van der Waals surface area (Å²) in [7, 11) is 0. The van der Waals surface area contributed by atoms with E-state index in [0.717, 1.165) is 28.4 Å². The number of rotatable bonds is 8. The number of hydrogen-bond acceptors (Lipinski definition) is 5. The molecule has 1 amide bonds. The molecule has 1 heterocycles. The van der Waals surface area contributed by atoms with Gasteiger partial charge < -0.3 is 14.6 Å². The van der Waals surface area contributed by atoms with E-state index in [-0.39, 0.29) is 11.7 Å². The van der Waals surface area contributed by atoms with Crippen LogP contribution in [0.1, 0.15) is 29.4 Å². The van der Waals surface area contributed by atoms with Gasteiger partial charge in [0.25, 0.3) is 0 Å². The van der Waals surface area contributed by atoms with Gasteiger partial charge in [-0.2, -0.15) is 0 Å². The molecule has 3 rings (SSSR count). The molecule has 0 spiro atoms. The fourth-order valence-corrected chi connectivity index (χ4v) is 4.02. The number of carbonyl (C=O) groups excluding carboxylic acids is 1. The standard InChI is InChI=1S/C22H26N4O2S/c1-5-26-19(13-28-18-9-7-6-8-10-18)24-25-22(26)29-14-20(27)23-21-16(3)11-15(2)12-17(21)4/h6-12H,5,13-14H2,1-4H3,(H,23,27). The summed E-state index contributed by atoms with van der Waals surface area (Å²) in [5, 5.41) is 12.2. The lowest BCUT2D eigenvalue weighted by Gasteiger charge is -2.13. The Labute approximate surface area is 175 Å². The normalized spacial score (nSPS) is 10.8. The molecule has 0 aliphatic rings. The van der Waals surface area contributed by atoms with Crippen molar-refractivity contribution in [2.24, 2.45) is 0 Å². The topological polar surface area (TPSA) is 69.0 Å². The van der Waals surface area contributed by atoms with Crippen LogP contribution in [0.5, 0.6) is 5.75 Å². The third-order valence-corrected chi connectivity index (χ3v) is 5.46. The molecule has 1 aromatic heterocycles. The number of hydrogen-bond donors (Lipinski definition) is 1. The second kappa shape index (κ2) is 9.60. The Morgan fingerprint density at radius 3 is 2.45 bits per heavy atom. The first-order valence-corrected chi connectivity index (χ1v) is 10.6. The summed E-state index contributed by atoms with van der Waals surface area (Å²) >= 11 is 1.38. The van der Waals surface area contributed by atoms with Gasteiger partial charge in [-0.05, 0) is 51.0 Å². The molecular formula is C22H26N4O2S. The van der Waals surface area contributed by atoms with Gasteiger partial charge in [-0.15, -0.1) is 10.2 Å². The average Bonchev–Trinajstić information content (AvgIpc) is 3.10. The van der Waals surface area contributed by atoms with E-state index in [1.54, 1.807) is 0 Å². The molecule has 7 heteroatoms. The molecule has 6 nitrogen and oxygen atoms in total. The van der Waals surface area contributed by atoms with Crippen molar-refractivity contribution >= 4 is 23.4 Å². The van der Waals surface area contributed by atoms with Crippen molar-refractivity contribution in [3.63, 3.8) is 0 Å². The molecule has 29 heavy (non-hydrogen) atoms. The zero-order valence-electron chi connectivity index (χ0n) is 17.2. The van der Waals surface area contributed by atoms with Gasteiger partial charge in [-0.3, -0.25) is 4.79 Å². The van der Waals surface area contributed by atoms with Crippen molar-refractivity contribution < 1.29 is 9.53 Å². The molecule has 0 saturated carbocycles. The molecule has 0 aliphatic heterocycles. The number of benzene rings is 2. The number of aromatic nitrogens is 3. The predicted octanol–water partition coefficient (Wildman–Crippen LogP) is 4.53. The summed E-state index contributed by atoms with van der Waals surface area (Å²) in [6.45, 7) is 9.14. The SMILES string of the molecule is CCn1c(COc2ccccc2)nnc1SCC(=O)Nc1c(C)cc(C)cc1C. The molecule has 3 aromatic rings. The smallest absolute Gasteiger partial charge is 0.234 e. The van der Waals surface area contributed by atoms with E-state index in [4.69, 9.17) is 4.74 Å². The number of anilines is 1. The molecule has 0 aliphatic carbocycles. The van der Waals surface area contributed by atoms with Crippen LogP contribution in [0.15, 0.2) is 47.6 Å². The van der Waals surface area contributed by atoms with Crippen molar-refractivity contribution in [3.05, 3.63) is 65.0 Å². The minimum absolute atomic E-state index is 0.0576. The maximum Gasteiger partial charge on any atom is 0.234 e. The van der Waals surface area contributed by atoms with Gasteiger partial charge in [0.2, 0.25) is 5.91 Å². The fourth-order valence-electron chi connectivity index (χ4n) is 3.20. The van der Waals surface area contributed by atoms with Gasteiger partial charge >= 0.3 is 0 Å². The largest absolute Gasteiger partial charge is 0.486 e. The lowest BCUT2D eigenvalue weighted by atomic mass is 10.1. The Morgan fingerprint density at radius 2 is 1.79 bits per heavy atom. The number of carbonyl (C=O) groups is 1. The van der Waals surface area contributed by atoms with Crippen molar-refractivity contribution in [3.8, 4) is 5.75 Å². The maximum absolute atomic E-state index is 12.5. The fraction of sp³-hybridized carbons (Fsp3) is 0.318. The van der Waals surface area contributed by atoms with Crippen LogP contribution in [0.25, 0.3) is 0 Å². The molecular weight excluding hydrogens is 384 g/mol. The van der Waals surface area contributed by atoms with Crippen molar-refractivity contribution in [1.82, 2.24) is 14.8 Å². The second-order valence-corrected chi connectivity index (χ2v) is 7.80. The van der Waals surface area contributed by atoms with E-state index in [1.165, 1.54) is 17.3 Å². The van der Waals surface area contributed by atoms with Crippen LogP contribution in [0.2, 0.25) is 0 Å². The molecule has 1 N–H and O–H groups in total. The zero-order chi connectivity index (χ0) is 20.8. The summed E-state index contributed by atoms with van der Waals surface area (Å²) in [4.78, 5) is 12.5. The van der Waals surface area contributed by atoms with Crippen molar-refractivity contribution in [2.45, 2.75) is 46.0 Å². The third kappa shape index (κ3) is 5.38.